The molecule has 98 valence electrons. The average Bonchev–Trinajstić information content (AvgIpc) is 2.37. The summed E-state index contributed by atoms with van der Waals surface area (Å²) in [5, 5.41) is 8.64. The third-order valence-corrected chi connectivity index (χ3v) is 4.31. The molecule has 3 N–H and O–H groups in total. The van der Waals surface area contributed by atoms with Crippen molar-refractivity contribution in [2.75, 3.05) is 0 Å². The molecule has 0 aliphatic heterocycles. The fourth-order valence-electron chi connectivity index (χ4n) is 1.58. The van der Waals surface area contributed by atoms with Crippen molar-refractivity contribution in [1.82, 2.24) is 0 Å². The summed E-state index contributed by atoms with van der Waals surface area (Å²) in [5.74, 6) is 0.753. The fourth-order valence-corrected chi connectivity index (χ4v) is 3.15. The molecule has 0 aliphatic rings. The largest absolute Gasteiger partial charge is 0.384 e. The second kappa shape index (κ2) is 6.33. The van der Waals surface area contributed by atoms with Gasteiger partial charge in [0.2, 0.25) is 0 Å². The van der Waals surface area contributed by atoms with Crippen molar-refractivity contribution in [2.24, 2.45) is 5.73 Å². The first-order valence-corrected chi connectivity index (χ1v) is 7.32. The molecule has 0 saturated carbocycles. The number of rotatable bonds is 4. The maximum Gasteiger partial charge on any atom is 0.124 e. The lowest BCUT2D eigenvalue weighted by molar-refractivity contribution is 1.36. The van der Waals surface area contributed by atoms with Crippen molar-refractivity contribution in [3.05, 3.63) is 63.6 Å². The predicted octanol–water partition coefficient (Wildman–Crippen LogP) is 4.57. The van der Waals surface area contributed by atoms with Gasteiger partial charge in [0.25, 0.3) is 0 Å². The third kappa shape index (κ3) is 3.66. The molecular formula is C14H12Cl2N2S. The minimum absolute atomic E-state index is 0.0207. The number of hydrogen-bond acceptors (Lipinski definition) is 2. The zero-order valence-corrected chi connectivity index (χ0v) is 12.3. The van der Waals surface area contributed by atoms with Gasteiger partial charge in [0.1, 0.15) is 5.84 Å². The summed E-state index contributed by atoms with van der Waals surface area (Å²) < 4.78 is 0. The third-order valence-electron chi connectivity index (χ3n) is 2.58. The average molecular weight is 311 g/mol. The Kier molecular flexibility index (Phi) is 4.75. The normalized spacial score (nSPS) is 10.4. The van der Waals surface area contributed by atoms with E-state index in [4.69, 9.17) is 34.3 Å². The lowest BCUT2D eigenvalue weighted by Crippen LogP contribution is -2.11. The van der Waals surface area contributed by atoms with E-state index in [0.29, 0.717) is 10.6 Å². The molecule has 19 heavy (non-hydrogen) atoms. The van der Waals surface area contributed by atoms with E-state index in [2.05, 4.69) is 0 Å². The molecule has 0 heterocycles. The maximum absolute atomic E-state index is 7.38. The van der Waals surface area contributed by atoms with Crippen molar-refractivity contribution in [3.63, 3.8) is 0 Å². The fraction of sp³-hybridized carbons (Fsp3) is 0.0714. The molecule has 0 aromatic heterocycles. The van der Waals surface area contributed by atoms with Gasteiger partial charge in [-0.2, -0.15) is 0 Å². The van der Waals surface area contributed by atoms with E-state index in [0.717, 1.165) is 21.2 Å². The van der Waals surface area contributed by atoms with Crippen LogP contribution in [0.5, 0.6) is 0 Å². The molecule has 2 aromatic carbocycles. The lowest BCUT2D eigenvalue weighted by atomic mass is 10.2. The summed E-state index contributed by atoms with van der Waals surface area (Å²) in [7, 11) is 0. The first-order valence-electron chi connectivity index (χ1n) is 5.58. The van der Waals surface area contributed by atoms with Crippen LogP contribution in [0.1, 0.15) is 11.1 Å². The minimum atomic E-state index is -0.0207. The molecule has 0 atom stereocenters. The van der Waals surface area contributed by atoms with E-state index in [1.165, 1.54) is 0 Å². The Hall–Kier alpha value is -1.16. The molecule has 0 saturated heterocycles. The Morgan fingerprint density at radius 2 is 1.84 bits per heavy atom. The first-order chi connectivity index (χ1) is 9.08. The number of nitrogens with two attached hydrogens (primary N) is 1. The number of thioether (sulfide) groups is 1. The zero-order chi connectivity index (χ0) is 13.8. The molecule has 0 fully saturated rings. The Morgan fingerprint density at radius 1 is 1.11 bits per heavy atom. The Bertz CT molecular complexity index is 614. The highest BCUT2D eigenvalue weighted by atomic mass is 35.5. The molecule has 0 unspecified atom stereocenters. The molecule has 0 spiro atoms. The highest BCUT2D eigenvalue weighted by Crippen LogP contribution is 2.29. The van der Waals surface area contributed by atoms with Crippen LogP contribution in [0, 0.1) is 5.41 Å². The van der Waals surface area contributed by atoms with Gasteiger partial charge in [-0.15, -0.1) is 11.8 Å². The van der Waals surface area contributed by atoms with Crippen LogP contribution in [0.4, 0.5) is 0 Å². The number of nitrogens with one attached hydrogen (secondary N) is 1. The molecule has 0 radical (unpaired) electrons. The van der Waals surface area contributed by atoms with E-state index in [1.54, 1.807) is 17.8 Å². The maximum atomic E-state index is 7.38. The number of hydrogen-bond donors (Lipinski definition) is 2. The molecule has 2 aromatic rings. The second-order valence-corrected chi connectivity index (χ2v) is 5.80. The van der Waals surface area contributed by atoms with Crippen LogP contribution in [-0.2, 0) is 5.75 Å². The van der Waals surface area contributed by atoms with Gasteiger partial charge in [-0.3, -0.25) is 5.41 Å². The van der Waals surface area contributed by atoms with Crippen molar-refractivity contribution >= 4 is 40.8 Å². The van der Waals surface area contributed by atoms with Gasteiger partial charge >= 0.3 is 0 Å². The smallest absolute Gasteiger partial charge is 0.124 e. The van der Waals surface area contributed by atoms with E-state index in [1.807, 2.05) is 36.4 Å². The number of benzene rings is 2. The van der Waals surface area contributed by atoms with Crippen LogP contribution in [0.15, 0.2) is 47.4 Å². The molecule has 0 amide bonds. The van der Waals surface area contributed by atoms with Crippen LogP contribution >= 0.6 is 35.0 Å². The second-order valence-electron chi connectivity index (χ2n) is 3.94. The molecule has 2 rings (SSSR count). The molecule has 2 nitrogen and oxygen atoms in total. The van der Waals surface area contributed by atoms with Crippen molar-refractivity contribution in [3.8, 4) is 0 Å². The topological polar surface area (TPSA) is 49.9 Å². The SMILES string of the molecule is N=C(N)c1ccc(SCc2ccccc2Cl)cc1Cl. The van der Waals surface area contributed by atoms with E-state index in [9.17, 15) is 0 Å². The minimum Gasteiger partial charge on any atom is -0.384 e. The van der Waals surface area contributed by atoms with Gasteiger partial charge in [0.15, 0.2) is 0 Å². The van der Waals surface area contributed by atoms with Crippen molar-refractivity contribution < 1.29 is 0 Å². The number of halogens is 2. The predicted molar refractivity (Wildman–Crippen MR) is 83.5 cm³/mol. The van der Waals surface area contributed by atoms with Crippen molar-refractivity contribution in [2.45, 2.75) is 10.6 Å². The highest BCUT2D eigenvalue weighted by molar-refractivity contribution is 7.98. The molecule has 5 heteroatoms. The summed E-state index contributed by atoms with van der Waals surface area (Å²) in [6.07, 6.45) is 0. The van der Waals surface area contributed by atoms with Crippen molar-refractivity contribution in [1.29, 1.82) is 5.41 Å². The van der Waals surface area contributed by atoms with Gasteiger partial charge in [0, 0.05) is 21.2 Å². The number of amidine groups is 1. The quantitative estimate of drug-likeness (QED) is 0.494. The summed E-state index contributed by atoms with van der Waals surface area (Å²) in [5.41, 5.74) is 7.07. The van der Waals surface area contributed by atoms with E-state index < -0.39 is 0 Å². The van der Waals surface area contributed by atoms with Gasteiger partial charge < -0.3 is 5.73 Å². The van der Waals surface area contributed by atoms with Gasteiger partial charge in [-0.1, -0.05) is 41.4 Å². The zero-order valence-electron chi connectivity index (χ0n) is 9.99. The molecule has 0 aliphatic carbocycles. The lowest BCUT2D eigenvalue weighted by Gasteiger charge is -2.07. The Labute approximate surface area is 126 Å². The Morgan fingerprint density at radius 3 is 2.47 bits per heavy atom. The van der Waals surface area contributed by atoms with Crippen LogP contribution in [0.25, 0.3) is 0 Å². The van der Waals surface area contributed by atoms with Gasteiger partial charge in [-0.25, -0.2) is 0 Å². The highest BCUT2D eigenvalue weighted by Gasteiger charge is 2.06. The molecule has 0 bridgehead atoms. The summed E-state index contributed by atoms with van der Waals surface area (Å²) in [6, 6.07) is 13.2. The Balaban J connectivity index is 2.11. The van der Waals surface area contributed by atoms with E-state index >= 15 is 0 Å². The van der Waals surface area contributed by atoms with Gasteiger partial charge in [0.05, 0.1) is 5.02 Å². The molecular weight excluding hydrogens is 299 g/mol. The standard InChI is InChI=1S/C14H12Cl2N2S/c15-12-4-2-1-3-9(12)8-19-10-5-6-11(14(17)18)13(16)7-10/h1-7H,8H2,(H3,17,18). The summed E-state index contributed by atoms with van der Waals surface area (Å²) in [6.45, 7) is 0. The van der Waals surface area contributed by atoms with Crippen LogP contribution < -0.4 is 5.73 Å². The van der Waals surface area contributed by atoms with Crippen LogP contribution in [0.2, 0.25) is 10.0 Å². The summed E-state index contributed by atoms with van der Waals surface area (Å²) in [4.78, 5) is 1.02. The monoisotopic (exact) mass is 310 g/mol. The first kappa shape index (κ1) is 14.3. The summed E-state index contributed by atoms with van der Waals surface area (Å²) >= 11 is 13.8. The van der Waals surface area contributed by atoms with E-state index in [-0.39, 0.29) is 5.84 Å². The van der Waals surface area contributed by atoms with Crippen LogP contribution in [0.3, 0.4) is 0 Å². The number of nitrogen functional groups attached to an aromatic ring is 1. The van der Waals surface area contributed by atoms with Gasteiger partial charge in [-0.05, 0) is 29.8 Å². The van der Waals surface area contributed by atoms with Crippen LogP contribution in [-0.4, -0.2) is 5.84 Å².